The Bertz CT molecular complexity index is 996. The number of aryl methyl sites for hydroxylation is 1. The van der Waals surface area contributed by atoms with Gasteiger partial charge < -0.3 is 10.1 Å². The fraction of sp³-hybridized carbons (Fsp3) is 0.278. The third-order valence-electron chi connectivity index (χ3n) is 3.42. The van der Waals surface area contributed by atoms with E-state index in [0.29, 0.717) is 15.7 Å². The molecule has 0 radical (unpaired) electrons. The van der Waals surface area contributed by atoms with Gasteiger partial charge in [-0.15, -0.1) is 11.3 Å². The van der Waals surface area contributed by atoms with Crippen molar-refractivity contribution in [1.29, 1.82) is 5.26 Å². The number of nitriles is 1. The second-order valence-corrected chi connectivity index (χ2v) is 6.22. The lowest BCUT2D eigenvalue weighted by Crippen LogP contribution is -2.32. The zero-order valence-electron chi connectivity index (χ0n) is 14.3. The first kappa shape index (κ1) is 18.5. The zero-order valence-corrected chi connectivity index (χ0v) is 15.1. The average molecular weight is 357 g/mol. The quantitative estimate of drug-likeness (QED) is 0.816. The molecule has 1 N–H and O–H groups in total. The Morgan fingerprint density at radius 1 is 1.44 bits per heavy atom. The van der Waals surface area contributed by atoms with Gasteiger partial charge in [-0.05, 0) is 38.5 Å². The molecule has 1 aromatic heterocycles. The van der Waals surface area contributed by atoms with Crippen LogP contribution < -0.4 is 20.1 Å². The average Bonchev–Trinajstić information content (AvgIpc) is 2.89. The number of hydrogen-bond donors (Lipinski definition) is 1. The molecule has 0 saturated heterocycles. The van der Waals surface area contributed by atoms with E-state index in [1.807, 2.05) is 37.3 Å². The SMILES string of the molecule is CCOC(=O)/C(C#N)=c1/s/c(=C/Nc2cccc(C)c2)c(=O)n1CC. The second kappa shape index (κ2) is 8.31. The summed E-state index contributed by atoms with van der Waals surface area (Å²) in [6.07, 6.45) is 1.59. The van der Waals surface area contributed by atoms with Crippen LogP contribution in [0, 0.1) is 18.3 Å². The van der Waals surface area contributed by atoms with Crippen LogP contribution in [0.2, 0.25) is 0 Å². The molecule has 6 nitrogen and oxygen atoms in total. The summed E-state index contributed by atoms with van der Waals surface area (Å²) in [4.78, 5) is 24.5. The highest BCUT2D eigenvalue weighted by molar-refractivity contribution is 7.07. The maximum Gasteiger partial charge on any atom is 0.351 e. The summed E-state index contributed by atoms with van der Waals surface area (Å²) in [6.45, 7) is 5.95. The number of carbonyl (C=O) groups is 1. The van der Waals surface area contributed by atoms with Crippen molar-refractivity contribution in [2.45, 2.75) is 27.3 Å². The lowest BCUT2D eigenvalue weighted by molar-refractivity contribution is -0.136. The van der Waals surface area contributed by atoms with Crippen molar-refractivity contribution in [2.75, 3.05) is 11.9 Å². The number of thiazole rings is 1. The number of nitrogens with zero attached hydrogens (tertiary/aromatic N) is 2. The van der Waals surface area contributed by atoms with E-state index in [9.17, 15) is 14.9 Å². The van der Waals surface area contributed by atoms with E-state index in [1.54, 1.807) is 20.0 Å². The van der Waals surface area contributed by atoms with Gasteiger partial charge in [0.25, 0.3) is 5.56 Å². The lowest BCUT2D eigenvalue weighted by Gasteiger charge is -2.00. The highest BCUT2D eigenvalue weighted by atomic mass is 32.1. The Balaban J connectivity index is 2.58. The first-order valence-corrected chi connectivity index (χ1v) is 8.68. The van der Waals surface area contributed by atoms with Gasteiger partial charge in [0.1, 0.15) is 15.3 Å². The molecule has 0 aliphatic heterocycles. The molecule has 1 aromatic carbocycles. The molecule has 2 aromatic rings. The fourth-order valence-electron chi connectivity index (χ4n) is 2.26. The Labute approximate surface area is 149 Å². The van der Waals surface area contributed by atoms with Crippen molar-refractivity contribution in [3.63, 3.8) is 0 Å². The maximum atomic E-state index is 12.5. The molecule has 1 heterocycles. The molecule has 0 spiro atoms. The molecule has 7 heteroatoms. The van der Waals surface area contributed by atoms with Gasteiger partial charge in [-0.25, -0.2) is 4.79 Å². The lowest BCUT2D eigenvalue weighted by atomic mass is 10.2. The van der Waals surface area contributed by atoms with Gasteiger partial charge in [0.15, 0.2) is 5.57 Å². The Kier molecular flexibility index (Phi) is 6.14. The molecule has 0 atom stereocenters. The molecule has 0 aliphatic carbocycles. The first-order valence-electron chi connectivity index (χ1n) is 7.86. The number of rotatable bonds is 5. The predicted molar refractivity (Wildman–Crippen MR) is 98.4 cm³/mol. The Morgan fingerprint density at radius 2 is 2.20 bits per heavy atom. The van der Waals surface area contributed by atoms with Crippen LogP contribution in [0.15, 0.2) is 29.1 Å². The molecule has 0 fully saturated rings. The van der Waals surface area contributed by atoms with Gasteiger partial charge in [0.05, 0.1) is 6.61 Å². The Hall–Kier alpha value is -2.85. The normalized spacial score (nSPS) is 12.5. The minimum absolute atomic E-state index is 0.152. The highest BCUT2D eigenvalue weighted by Gasteiger charge is 2.16. The van der Waals surface area contributed by atoms with Crippen LogP contribution in [0.3, 0.4) is 0 Å². The molecule has 25 heavy (non-hydrogen) atoms. The molecule has 0 amide bonds. The largest absolute Gasteiger partial charge is 0.462 e. The minimum atomic E-state index is -0.716. The number of nitrogens with one attached hydrogen (secondary N) is 1. The van der Waals surface area contributed by atoms with Crippen molar-refractivity contribution in [3.05, 3.63) is 49.4 Å². The van der Waals surface area contributed by atoms with Crippen LogP contribution in [0.25, 0.3) is 11.8 Å². The van der Waals surface area contributed by atoms with Gasteiger partial charge >= 0.3 is 5.97 Å². The van der Waals surface area contributed by atoms with Crippen molar-refractivity contribution in [3.8, 4) is 6.07 Å². The topological polar surface area (TPSA) is 84.1 Å². The van der Waals surface area contributed by atoms with Crippen LogP contribution in [0.1, 0.15) is 19.4 Å². The van der Waals surface area contributed by atoms with E-state index >= 15 is 0 Å². The van der Waals surface area contributed by atoms with Crippen LogP contribution >= 0.6 is 11.3 Å². The second-order valence-electron chi connectivity index (χ2n) is 5.19. The van der Waals surface area contributed by atoms with Crippen LogP contribution in [0.4, 0.5) is 5.69 Å². The number of aromatic nitrogens is 1. The summed E-state index contributed by atoms with van der Waals surface area (Å²) >= 11 is 1.09. The fourth-order valence-corrected chi connectivity index (χ4v) is 3.34. The molecular formula is C18H19N3O3S. The predicted octanol–water partition coefficient (Wildman–Crippen LogP) is 1.33. The van der Waals surface area contributed by atoms with E-state index in [0.717, 1.165) is 22.6 Å². The molecule has 0 aliphatic rings. The van der Waals surface area contributed by atoms with Crippen molar-refractivity contribution in [2.24, 2.45) is 0 Å². The molecule has 130 valence electrons. The summed E-state index contributed by atoms with van der Waals surface area (Å²) in [5, 5.41) is 12.4. The summed E-state index contributed by atoms with van der Waals surface area (Å²) < 4.78 is 7.04. The van der Waals surface area contributed by atoms with E-state index < -0.39 is 5.97 Å². The number of benzene rings is 1. The van der Waals surface area contributed by atoms with E-state index in [1.165, 1.54) is 4.57 Å². The van der Waals surface area contributed by atoms with Gasteiger partial charge in [-0.1, -0.05) is 12.1 Å². The van der Waals surface area contributed by atoms with Crippen LogP contribution in [0.5, 0.6) is 0 Å². The van der Waals surface area contributed by atoms with E-state index in [-0.39, 0.29) is 17.7 Å². The number of anilines is 1. The number of hydrogen-bond acceptors (Lipinski definition) is 6. The summed E-state index contributed by atoms with van der Waals surface area (Å²) in [6, 6.07) is 9.59. The summed E-state index contributed by atoms with van der Waals surface area (Å²) in [5.41, 5.74) is 1.55. The molecule has 0 unspecified atom stereocenters. The Morgan fingerprint density at radius 3 is 2.80 bits per heavy atom. The van der Waals surface area contributed by atoms with E-state index in [2.05, 4.69) is 5.32 Å². The highest BCUT2D eigenvalue weighted by Crippen LogP contribution is 2.08. The van der Waals surface area contributed by atoms with Crippen LogP contribution in [-0.2, 0) is 16.1 Å². The molecule has 0 bridgehead atoms. The summed E-state index contributed by atoms with van der Waals surface area (Å²) in [5.74, 6) is -0.716. The monoisotopic (exact) mass is 357 g/mol. The minimum Gasteiger partial charge on any atom is -0.462 e. The van der Waals surface area contributed by atoms with Crippen molar-refractivity contribution >= 4 is 34.8 Å². The standard InChI is InChI=1S/C18H19N3O3S/c1-4-21-16(22)15(11-20-13-8-6-7-12(3)9-13)25-17(21)14(10-19)18(23)24-5-2/h6-9,11,20H,4-5H2,1-3H3/b15-11+,17-14+. The molecule has 2 rings (SSSR count). The first-order chi connectivity index (χ1) is 12.0. The van der Waals surface area contributed by atoms with Gasteiger partial charge in [-0.2, -0.15) is 5.26 Å². The van der Waals surface area contributed by atoms with Gasteiger partial charge in [0, 0.05) is 18.4 Å². The van der Waals surface area contributed by atoms with Gasteiger partial charge in [0.2, 0.25) is 0 Å². The maximum absolute atomic E-state index is 12.5. The van der Waals surface area contributed by atoms with Crippen molar-refractivity contribution < 1.29 is 9.53 Å². The number of ether oxygens (including phenoxy) is 1. The number of esters is 1. The smallest absolute Gasteiger partial charge is 0.351 e. The number of carbonyl (C=O) groups excluding carboxylic acids is 1. The molecule has 0 saturated carbocycles. The third-order valence-corrected chi connectivity index (χ3v) is 4.55. The third kappa shape index (κ3) is 4.17. The van der Waals surface area contributed by atoms with E-state index in [4.69, 9.17) is 4.74 Å². The summed E-state index contributed by atoms with van der Waals surface area (Å²) in [7, 11) is 0. The van der Waals surface area contributed by atoms with Crippen molar-refractivity contribution in [1.82, 2.24) is 4.57 Å². The zero-order chi connectivity index (χ0) is 18.4. The molecular weight excluding hydrogens is 338 g/mol. The van der Waals surface area contributed by atoms with Gasteiger partial charge in [-0.3, -0.25) is 9.36 Å². The van der Waals surface area contributed by atoms with Crippen LogP contribution in [-0.4, -0.2) is 17.1 Å².